The van der Waals surface area contributed by atoms with Crippen molar-refractivity contribution in [3.63, 3.8) is 0 Å². The number of pyridine rings is 1. The Bertz CT molecular complexity index is 1810. The highest BCUT2D eigenvalue weighted by Gasteiger charge is 2.33. The maximum atomic E-state index is 6.69. The van der Waals surface area contributed by atoms with E-state index in [0.717, 1.165) is 45.3 Å². The number of benzene rings is 3. The maximum absolute atomic E-state index is 6.69. The first-order valence-corrected chi connectivity index (χ1v) is 13.7. The second-order valence-electron chi connectivity index (χ2n) is 13.1. The molecule has 5 aromatic rings. The van der Waals surface area contributed by atoms with Gasteiger partial charge in [0.1, 0.15) is 24.4 Å². The van der Waals surface area contributed by atoms with Crippen LogP contribution in [0.3, 0.4) is 0 Å². The fraction of sp³-hybridized carbons (Fsp3) is 0.353. The average Bonchev–Trinajstić information content (AvgIpc) is 2.84. The number of rotatable bonds is 1. The van der Waals surface area contributed by atoms with Gasteiger partial charge in [-0.1, -0.05) is 65.8 Å². The van der Waals surface area contributed by atoms with Crippen molar-refractivity contribution in [2.45, 2.75) is 73.1 Å². The predicted octanol–water partition coefficient (Wildman–Crippen LogP) is 7.96. The summed E-state index contributed by atoms with van der Waals surface area (Å²) in [6, 6.07) is 15.2. The molecule has 3 aromatic carbocycles. The Kier molecular flexibility index (Phi) is 5.42. The third-order valence-corrected chi connectivity index (χ3v) is 7.83. The molecule has 0 atom stereocenters. The molecule has 5 heteroatoms. The number of ether oxygens (including phenoxy) is 1. The monoisotopic (exact) mass is 517 g/mol. The molecule has 0 radical (unpaired) electrons. The van der Waals surface area contributed by atoms with E-state index >= 15 is 0 Å². The van der Waals surface area contributed by atoms with E-state index in [2.05, 4.69) is 116 Å². The van der Waals surface area contributed by atoms with Gasteiger partial charge in [-0.2, -0.15) is 4.57 Å². The normalized spacial score (nSPS) is 13.1. The zero-order valence-electron chi connectivity index (χ0n) is 24.7. The van der Waals surface area contributed by atoms with Gasteiger partial charge in [-0.05, 0) is 48.9 Å². The van der Waals surface area contributed by atoms with Gasteiger partial charge in [0, 0.05) is 33.9 Å². The first-order chi connectivity index (χ1) is 18.2. The molecular weight excluding hydrogens is 480 g/mol. The Morgan fingerprint density at radius 1 is 0.769 bits per heavy atom. The van der Waals surface area contributed by atoms with E-state index in [1.54, 1.807) is 0 Å². The van der Waals surface area contributed by atoms with Crippen LogP contribution in [0.25, 0.3) is 44.3 Å². The molecule has 0 unspecified atom stereocenters. The van der Waals surface area contributed by atoms with Gasteiger partial charge in [-0.3, -0.25) is 0 Å². The molecule has 1 aliphatic heterocycles. The van der Waals surface area contributed by atoms with Gasteiger partial charge in [0.2, 0.25) is 5.52 Å². The van der Waals surface area contributed by atoms with Gasteiger partial charge in [0.05, 0.1) is 10.9 Å². The molecule has 0 amide bonds. The largest absolute Gasteiger partial charge is 0.450 e. The van der Waals surface area contributed by atoms with Crippen molar-refractivity contribution in [3.8, 4) is 34.1 Å². The molecule has 0 fully saturated rings. The van der Waals surface area contributed by atoms with E-state index < -0.39 is 0 Å². The van der Waals surface area contributed by atoms with Gasteiger partial charge in [-0.15, -0.1) is 0 Å². The Morgan fingerprint density at radius 2 is 1.44 bits per heavy atom. The lowest BCUT2D eigenvalue weighted by molar-refractivity contribution is -0.633. The first-order valence-electron chi connectivity index (χ1n) is 13.7. The van der Waals surface area contributed by atoms with Crippen molar-refractivity contribution >= 4 is 21.7 Å². The number of hydrogen-bond donors (Lipinski definition) is 0. The van der Waals surface area contributed by atoms with Crippen molar-refractivity contribution in [2.75, 3.05) is 0 Å². The van der Waals surface area contributed by atoms with Crippen molar-refractivity contribution in [1.82, 2.24) is 15.0 Å². The highest BCUT2D eigenvalue weighted by molar-refractivity contribution is 6.06. The molecule has 39 heavy (non-hydrogen) atoms. The molecule has 198 valence electrons. The SMILES string of the molecule is Cc1cc2c3c(c(C)c(C)cc3c1)-c1c(cc3c(-c4nc(C(C)(C)C)nc(C(C)(C)C)n4)cccc3[n+]1C)O2. The van der Waals surface area contributed by atoms with Crippen molar-refractivity contribution in [1.29, 1.82) is 0 Å². The zero-order valence-corrected chi connectivity index (χ0v) is 24.7. The van der Waals surface area contributed by atoms with E-state index in [4.69, 9.17) is 19.7 Å². The topological polar surface area (TPSA) is 51.8 Å². The predicted molar refractivity (Wildman–Crippen MR) is 159 cm³/mol. The molecule has 5 nitrogen and oxygen atoms in total. The fourth-order valence-corrected chi connectivity index (χ4v) is 5.60. The van der Waals surface area contributed by atoms with Crippen LogP contribution in [0, 0.1) is 20.8 Å². The summed E-state index contributed by atoms with van der Waals surface area (Å²) in [5.74, 6) is 4.07. The highest BCUT2D eigenvalue weighted by Crippen LogP contribution is 2.49. The summed E-state index contributed by atoms with van der Waals surface area (Å²) in [6.07, 6.45) is 0. The Balaban J connectivity index is 1.68. The van der Waals surface area contributed by atoms with E-state index in [0.29, 0.717) is 5.82 Å². The van der Waals surface area contributed by atoms with Crippen LogP contribution < -0.4 is 9.30 Å². The Labute approximate surface area is 230 Å². The van der Waals surface area contributed by atoms with E-state index in [9.17, 15) is 0 Å². The summed E-state index contributed by atoms with van der Waals surface area (Å²) >= 11 is 0. The second-order valence-corrected chi connectivity index (χ2v) is 13.1. The number of nitrogens with zero attached hydrogens (tertiary/aromatic N) is 4. The van der Waals surface area contributed by atoms with Crippen LogP contribution in [0.15, 0.2) is 42.5 Å². The van der Waals surface area contributed by atoms with E-state index in [1.807, 2.05) is 0 Å². The molecule has 2 aromatic heterocycles. The lowest BCUT2D eigenvalue weighted by Crippen LogP contribution is -2.33. The number of fused-ring (bicyclic) bond motifs is 3. The Morgan fingerprint density at radius 3 is 2.08 bits per heavy atom. The van der Waals surface area contributed by atoms with Crippen molar-refractivity contribution in [3.05, 3.63) is 70.8 Å². The van der Waals surface area contributed by atoms with Crippen LogP contribution in [0.1, 0.15) is 69.9 Å². The highest BCUT2D eigenvalue weighted by atomic mass is 16.5. The Hall–Kier alpha value is -3.86. The zero-order chi connectivity index (χ0) is 28.0. The van der Waals surface area contributed by atoms with Gasteiger partial charge >= 0.3 is 0 Å². The average molecular weight is 518 g/mol. The third kappa shape index (κ3) is 3.98. The van der Waals surface area contributed by atoms with Gasteiger partial charge in [0.15, 0.2) is 11.6 Å². The minimum Gasteiger partial charge on any atom is -0.450 e. The molecule has 0 saturated carbocycles. The standard InChI is InChI=1S/C34H37N4O/c1-18-14-21-16-19(2)20(3)27-28(21)25(15-18)39-26-17-23-22(12-11-13-24(23)38(10)29(26)27)30-35-31(33(4,5)6)37-32(36-30)34(7,8)9/h11-17H,1-10H3/q+1. The van der Waals surface area contributed by atoms with E-state index in [1.165, 1.54) is 33.0 Å². The summed E-state index contributed by atoms with van der Waals surface area (Å²) in [7, 11) is 2.13. The van der Waals surface area contributed by atoms with Crippen LogP contribution in [-0.2, 0) is 17.9 Å². The second kappa shape index (κ2) is 8.32. The molecular formula is C34H37N4O+. The number of hydrogen-bond acceptors (Lipinski definition) is 4. The van der Waals surface area contributed by atoms with Gasteiger partial charge in [-0.25, -0.2) is 15.0 Å². The summed E-state index contributed by atoms with van der Waals surface area (Å²) in [5, 5.41) is 3.46. The number of aromatic nitrogens is 4. The molecule has 1 aliphatic rings. The molecule has 0 aliphatic carbocycles. The lowest BCUT2D eigenvalue weighted by Gasteiger charge is -2.24. The van der Waals surface area contributed by atoms with Crippen LogP contribution in [0.4, 0.5) is 0 Å². The molecule has 0 N–H and O–H groups in total. The minimum absolute atomic E-state index is 0.204. The maximum Gasteiger partial charge on any atom is 0.256 e. The number of aryl methyl sites for hydroxylation is 3. The molecule has 6 rings (SSSR count). The quantitative estimate of drug-likeness (QED) is 0.208. The molecule has 0 bridgehead atoms. The summed E-state index contributed by atoms with van der Waals surface area (Å²) in [6.45, 7) is 19.4. The first kappa shape index (κ1) is 25.4. The molecule has 0 saturated heterocycles. The smallest absolute Gasteiger partial charge is 0.256 e. The third-order valence-electron chi connectivity index (χ3n) is 7.83. The van der Waals surface area contributed by atoms with Gasteiger partial charge in [0.25, 0.3) is 5.69 Å². The van der Waals surface area contributed by atoms with Crippen LogP contribution in [0.5, 0.6) is 11.5 Å². The molecule has 3 heterocycles. The van der Waals surface area contributed by atoms with E-state index in [-0.39, 0.29) is 10.8 Å². The molecule has 0 spiro atoms. The van der Waals surface area contributed by atoms with Crippen LogP contribution >= 0.6 is 0 Å². The lowest BCUT2D eigenvalue weighted by atomic mass is 9.89. The van der Waals surface area contributed by atoms with Crippen LogP contribution in [-0.4, -0.2) is 15.0 Å². The van der Waals surface area contributed by atoms with Crippen LogP contribution in [0.2, 0.25) is 0 Å². The van der Waals surface area contributed by atoms with Gasteiger partial charge < -0.3 is 4.74 Å². The summed E-state index contributed by atoms with van der Waals surface area (Å²) in [5.41, 5.74) is 7.79. The fourth-order valence-electron chi connectivity index (χ4n) is 5.60. The van der Waals surface area contributed by atoms with Crippen molar-refractivity contribution < 1.29 is 9.30 Å². The van der Waals surface area contributed by atoms with Crippen molar-refractivity contribution in [2.24, 2.45) is 7.05 Å². The summed E-state index contributed by atoms with van der Waals surface area (Å²) in [4.78, 5) is 14.9. The minimum atomic E-state index is -0.204. The summed E-state index contributed by atoms with van der Waals surface area (Å²) < 4.78 is 8.96.